The number of anilines is 2. The average molecular weight is 682 g/mol. The van der Waals surface area contributed by atoms with Crippen LogP contribution in [0.25, 0.3) is 6.08 Å². The van der Waals surface area contributed by atoms with Crippen molar-refractivity contribution in [3.8, 4) is 5.75 Å². The van der Waals surface area contributed by atoms with Crippen molar-refractivity contribution in [2.75, 3.05) is 16.8 Å². The smallest absolute Gasteiger partial charge is 0.335 e. The van der Waals surface area contributed by atoms with Crippen LogP contribution in [-0.2, 0) is 14.4 Å². The van der Waals surface area contributed by atoms with E-state index in [0.717, 1.165) is 4.90 Å². The molecule has 0 bridgehead atoms. The summed E-state index contributed by atoms with van der Waals surface area (Å²) < 4.78 is 6.84. The second kappa shape index (κ2) is 11.7. The first-order chi connectivity index (χ1) is 18.0. The number of amides is 5. The molecule has 0 unspecified atom stereocenters. The SMILES string of the molecule is Cc1ccc(Cl)cc1N1C(=O)NC(=O)/C(=C\c2cc(Br)cc(Br)c2OCC(=O)Nc2ccc(Cl)cc2)C1=O. The van der Waals surface area contributed by atoms with E-state index >= 15 is 0 Å². The van der Waals surface area contributed by atoms with E-state index in [2.05, 4.69) is 42.5 Å². The fourth-order valence-corrected chi connectivity index (χ4v) is 5.23. The summed E-state index contributed by atoms with van der Waals surface area (Å²) in [6.07, 6.45) is 1.29. The minimum Gasteiger partial charge on any atom is -0.482 e. The van der Waals surface area contributed by atoms with E-state index in [4.69, 9.17) is 27.9 Å². The number of ether oxygens (including phenoxy) is 1. The van der Waals surface area contributed by atoms with Crippen LogP contribution in [0.4, 0.5) is 16.2 Å². The summed E-state index contributed by atoms with van der Waals surface area (Å²) in [5, 5.41) is 5.72. The van der Waals surface area contributed by atoms with Crippen molar-refractivity contribution in [3.63, 3.8) is 0 Å². The number of halogens is 4. The summed E-state index contributed by atoms with van der Waals surface area (Å²) in [5.74, 6) is -1.96. The van der Waals surface area contributed by atoms with Crippen LogP contribution < -0.4 is 20.3 Å². The van der Waals surface area contributed by atoms with Gasteiger partial charge < -0.3 is 10.1 Å². The second-order valence-electron chi connectivity index (χ2n) is 8.04. The highest BCUT2D eigenvalue weighted by Gasteiger charge is 2.37. The molecule has 4 rings (SSSR count). The minimum absolute atomic E-state index is 0.204. The number of carbonyl (C=O) groups excluding carboxylic acids is 4. The first-order valence-corrected chi connectivity index (χ1v) is 13.2. The highest BCUT2D eigenvalue weighted by molar-refractivity contribution is 9.11. The Morgan fingerprint density at radius 3 is 2.42 bits per heavy atom. The van der Waals surface area contributed by atoms with Gasteiger partial charge >= 0.3 is 6.03 Å². The molecule has 3 aromatic rings. The molecule has 38 heavy (non-hydrogen) atoms. The van der Waals surface area contributed by atoms with Gasteiger partial charge in [0.1, 0.15) is 11.3 Å². The molecule has 12 heteroatoms. The summed E-state index contributed by atoms with van der Waals surface area (Å²) in [5.41, 5.74) is 1.37. The Kier molecular flexibility index (Phi) is 8.57. The Hall–Kier alpha value is -3.18. The number of benzene rings is 3. The summed E-state index contributed by atoms with van der Waals surface area (Å²) in [6, 6.07) is 13.7. The highest BCUT2D eigenvalue weighted by Crippen LogP contribution is 2.35. The van der Waals surface area contributed by atoms with E-state index < -0.39 is 23.8 Å². The number of urea groups is 1. The standard InChI is InChI=1S/C26H17Br2Cl2N3O5/c1-13-2-3-17(30)11-21(13)33-25(36)19(24(35)32-26(33)37)9-14-8-15(27)10-20(28)23(14)38-12-22(34)31-18-6-4-16(29)5-7-18/h2-11H,12H2,1H3,(H,31,34)(H,32,35,37)/b19-9+. The normalized spacial score (nSPS) is 14.5. The zero-order chi connectivity index (χ0) is 27.6. The topological polar surface area (TPSA) is 105 Å². The highest BCUT2D eigenvalue weighted by atomic mass is 79.9. The van der Waals surface area contributed by atoms with E-state index in [0.29, 0.717) is 35.8 Å². The average Bonchev–Trinajstić information content (AvgIpc) is 2.84. The van der Waals surface area contributed by atoms with Gasteiger partial charge in [-0.1, -0.05) is 45.2 Å². The molecule has 1 aliphatic heterocycles. The van der Waals surface area contributed by atoms with Crippen LogP contribution >= 0.6 is 55.1 Å². The van der Waals surface area contributed by atoms with Gasteiger partial charge in [-0.05, 0) is 83.0 Å². The zero-order valence-electron chi connectivity index (χ0n) is 19.5. The number of rotatable bonds is 6. The summed E-state index contributed by atoms with van der Waals surface area (Å²) in [6.45, 7) is 1.34. The van der Waals surface area contributed by atoms with Crippen LogP contribution in [0, 0.1) is 6.92 Å². The van der Waals surface area contributed by atoms with Crippen molar-refractivity contribution in [1.82, 2.24) is 5.32 Å². The molecule has 194 valence electrons. The van der Waals surface area contributed by atoms with E-state index in [-0.39, 0.29) is 23.6 Å². The lowest BCUT2D eigenvalue weighted by Crippen LogP contribution is -2.54. The number of nitrogens with zero attached hydrogens (tertiary/aromatic N) is 1. The van der Waals surface area contributed by atoms with Crippen molar-refractivity contribution in [3.05, 3.63) is 90.3 Å². The number of barbiturate groups is 1. The lowest BCUT2D eigenvalue weighted by atomic mass is 10.0. The molecule has 0 atom stereocenters. The summed E-state index contributed by atoms with van der Waals surface area (Å²) >= 11 is 18.7. The lowest BCUT2D eigenvalue weighted by molar-refractivity contribution is -0.122. The third-order valence-electron chi connectivity index (χ3n) is 5.33. The van der Waals surface area contributed by atoms with Gasteiger partial charge in [0, 0.05) is 25.8 Å². The fraction of sp³-hybridized carbons (Fsp3) is 0.0769. The van der Waals surface area contributed by atoms with Crippen LogP contribution in [0.3, 0.4) is 0 Å². The molecule has 3 aromatic carbocycles. The molecule has 2 N–H and O–H groups in total. The van der Waals surface area contributed by atoms with Crippen molar-refractivity contribution in [2.24, 2.45) is 0 Å². The first kappa shape index (κ1) is 27.8. The van der Waals surface area contributed by atoms with Gasteiger partial charge in [-0.25, -0.2) is 9.69 Å². The largest absolute Gasteiger partial charge is 0.482 e. The third-order valence-corrected chi connectivity index (χ3v) is 6.86. The Balaban J connectivity index is 1.64. The van der Waals surface area contributed by atoms with Crippen molar-refractivity contribution in [2.45, 2.75) is 6.92 Å². The van der Waals surface area contributed by atoms with Gasteiger partial charge in [-0.3, -0.25) is 19.7 Å². The van der Waals surface area contributed by atoms with Gasteiger partial charge in [0.2, 0.25) is 0 Å². The third kappa shape index (κ3) is 6.27. The zero-order valence-corrected chi connectivity index (χ0v) is 24.2. The minimum atomic E-state index is -0.895. The van der Waals surface area contributed by atoms with E-state index in [1.54, 1.807) is 55.5 Å². The molecule has 1 aliphatic rings. The maximum absolute atomic E-state index is 13.4. The maximum atomic E-state index is 13.4. The molecular weight excluding hydrogens is 665 g/mol. The van der Waals surface area contributed by atoms with Crippen molar-refractivity contribution < 1.29 is 23.9 Å². The number of aryl methyl sites for hydroxylation is 1. The van der Waals surface area contributed by atoms with Gasteiger partial charge in [-0.15, -0.1) is 0 Å². The molecule has 0 aromatic heterocycles. The van der Waals surface area contributed by atoms with Gasteiger partial charge in [0.05, 0.1) is 10.2 Å². The Labute approximate surface area is 244 Å². The first-order valence-electron chi connectivity index (χ1n) is 10.9. The number of hydrogen-bond donors (Lipinski definition) is 2. The van der Waals surface area contributed by atoms with Crippen molar-refractivity contribution >= 4 is 96.3 Å². The van der Waals surface area contributed by atoms with Crippen LogP contribution in [-0.4, -0.2) is 30.4 Å². The van der Waals surface area contributed by atoms with E-state index in [9.17, 15) is 19.2 Å². The molecule has 0 aliphatic carbocycles. The van der Waals surface area contributed by atoms with Gasteiger partial charge in [-0.2, -0.15) is 0 Å². The predicted octanol–water partition coefficient (Wildman–Crippen LogP) is 6.51. The lowest BCUT2D eigenvalue weighted by Gasteiger charge is -2.27. The molecule has 0 radical (unpaired) electrons. The summed E-state index contributed by atoms with van der Waals surface area (Å²) in [4.78, 5) is 52.0. The molecule has 8 nitrogen and oxygen atoms in total. The molecular formula is C26H17Br2Cl2N3O5. The second-order valence-corrected chi connectivity index (χ2v) is 10.7. The Morgan fingerprint density at radius 2 is 1.71 bits per heavy atom. The molecule has 1 saturated heterocycles. The van der Waals surface area contributed by atoms with E-state index in [1.807, 2.05) is 0 Å². The number of imide groups is 2. The van der Waals surface area contributed by atoms with Gasteiger partial charge in [0.25, 0.3) is 17.7 Å². The number of carbonyl (C=O) groups is 4. The van der Waals surface area contributed by atoms with Crippen LogP contribution in [0.2, 0.25) is 10.0 Å². The molecule has 1 heterocycles. The Morgan fingerprint density at radius 1 is 1.03 bits per heavy atom. The van der Waals surface area contributed by atoms with Crippen molar-refractivity contribution in [1.29, 1.82) is 0 Å². The van der Waals surface area contributed by atoms with Crippen LogP contribution in [0.15, 0.2) is 69.1 Å². The molecule has 0 saturated carbocycles. The number of hydrogen-bond acceptors (Lipinski definition) is 5. The molecule has 0 spiro atoms. The van der Waals surface area contributed by atoms with Crippen LogP contribution in [0.5, 0.6) is 5.75 Å². The maximum Gasteiger partial charge on any atom is 0.335 e. The predicted molar refractivity (Wildman–Crippen MR) is 153 cm³/mol. The molecule has 5 amide bonds. The Bertz CT molecular complexity index is 1510. The van der Waals surface area contributed by atoms with Crippen LogP contribution in [0.1, 0.15) is 11.1 Å². The quantitative estimate of drug-likeness (QED) is 0.228. The monoisotopic (exact) mass is 679 g/mol. The van der Waals surface area contributed by atoms with Gasteiger partial charge in [0.15, 0.2) is 6.61 Å². The fourth-order valence-electron chi connectivity index (χ4n) is 3.56. The summed E-state index contributed by atoms with van der Waals surface area (Å²) in [7, 11) is 0. The molecule has 1 fully saturated rings. The number of nitrogens with one attached hydrogen (secondary N) is 2. The van der Waals surface area contributed by atoms with E-state index in [1.165, 1.54) is 12.1 Å².